The molecular formula is C38H34N4. The van der Waals surface area contributed by atoms with E-state index in [-0.39, 0.29) is 0 Å². The summed E-state index contributed by atoms with van der Waals surface area (Å²) in [7, 11) is 0. The average molecular weight is 547 g/mol. The SMILES string of the molecule is C=C/C=C(\C=C)c1ccc2c(c1)C1=C(N)C(/C=C\C)=CCC1(C)N2c1cc(-c2cccnc2)cc(-c2cccnc2)c1. The molecule has 0 saturated carbocycles. The van der Waals surface area contributed by atoms with Crippen molar-refractivity contribution in [2.75, 3.05) is 4.90 Å². The Morgan fingerprint density at radius 1 is 0.929 bits per heavy atom. The molecule has 4 aromatic rings. The molecule has 4 nitrogen and oxygen atoms in total. The molecule has 0 spiro atoms. The van der Waals surface area contributed by atoms with Crippen LogP contribution in [0.25, 0.3) is 33.4 Å². The van der Waals surface area contributed by atoms with Crippen LogP contribution in [0.2, 0.25) is 0 Å². The third-order valence-corrected chi connectivity index (χ3v) is 8.20. The van der Waals surface area contributed by atoms with Gasteiger partial charge in [0.25, 0.3) is 0 Å². The third kappa shape index (κ3) is 4.51. The quantitative estimate of drug-likeness (QED) is 0.235. The Bertz CT molecular complexity index is 1750. The number of nitrogens with two attached hydrogens (primary N) is 1. The zero-order valence-corrected chi connectivity index (χ0v) is 24.1. The maximum absolute atomic E-state index is 7.02. The van der Waals surface area contributed by atoms with Gasteiger partial charge in [0.05, 0.1) is 5.54 Å². The van der Waals surface area contributed by atoms with Gasteiger partial charge in [-0.15, -0.1) is 0 Å². The molecular weight excluding hydrogens is 512 g/mol. The fraction of sp³-hybridized carbons (Fsp3) is 0.105. The summed E-state index contributed by atoms with van der Waals surface area (Å²) in [4.78, 5) is 11.3. The maximum Gasteiger partial charge on any atom is 0.0736 e. The second kappa shape index (κ2) is 11.0. The molecule has 1 aliphatic carbocycles. The van der Waals surface area contributed by atoms with Gasteiger partial charge in [-0.2, -0.15) is 0 Å². The fourth-order valence-corrected chi connectivity index (χ4v) is 6.28. The molecule has 2 aliphatic rings. The number of allylic oxidation sites excluding steroid dienone is 6. The number of fused-ring (bicyclic) bond motifs is 3. The molecule has 206 valence electrons. The highest BCUT2D eigenvalue weighted by Crippen LogP contribution is 2.56. The van der Waals surface area contributed by atoms with Crippen molar-refractivity contribution in [2.45, 2.75) is 25.8 Å². The van der Waals surface area contributed by atoms with Gasteiger partial charge in [-0.1, -0.05) is 67.8 Å². The number of hydrogen-bond donors (Lipinski definition) is 1. The van der Waals surface area contributed by atoms with Crippen LogP contribution in [0.15, 0.2) is 146 Å². The molecule has 2 aromatic carbocycles. The minimum Gasteiger partial charge on any atom is -0.398 e. The molecule has 0 fully saturated rings. The van der Waals surface area contributed by atoms with E-state index in [1.54, 1.807) is 18.5 Å². The van der Waals surface area contributed by atoms with Crippen LogP contribution in [-0.2, 0) is 0 Å². The third-order valence-electron chi connectivity index (χ3n) is 8.20. The second-order valence-electron chi connectivity index (χ2n) is 10.8. The van der Waals surface area contributed by atoms with Gasteiger partial charge in [-0.05, 0) is 90.6 Å². The Morgan fingerprint density at radius 2 is 1.62 bits per heavy atom. The van der Waals surface area contributed by atoms with Crippen LogP contribution < -0.4 is 10.6 Å². The van der Waals surface area contributed by atoms with Gasteiger partial charge in [0.2, 0.25) is 0 Å². The van der Waals surface area contributed by atoms with Crippen molar-refractivity contribution in [3.63, 3.8) is 0 Å². The Kier molecular flexibility index (Phi) is 7.05. The van der Waals surface area contributed by atoms with E-state index in [4.69, 9.17) is 5.73 Å². The highest BCUT2D eigenvalue weighted by molar-refractivity contribution is 6.00. The van der Waals surface area contributed by atoms with E-state index in [0.717, 1.165) is 73.6 Å². The smallest absolute Gasteiger partial charge is 0.0736 e. The normalized spacial score (nSPS) is 18.1. The van der Waals surface area contributed by atoms with Gasteiger partial charge in [0, 0.05) is 64.1 Å². The minimum absolute atomic E-state index is 0.396. The number of hydrogen-bond acceptors (Lipinski definition) is 4. The lowest BCUT2D eigenvalue weighted by Crippen LogP contribution is -2.42. The molecule has 4 heteroatoms. The molecule has 42 heavy (non-hydrogen) atoms. The van der Waals surface area contributed by atoms with E-state index < -0.39 is 5.54 Å². The fourth-order valence-electron chi connectivity index (χ4n) is 6.28. The summed E-state index contributed by atoms with van der Waals surface area (Å²) >= 11 is 0. The Labute approximate surface area is 248 Å². The summed E-state index contributed by atoms with van der Waals surface area (Å²) in [5, 5.41) is 0. The number of anilines is 2. The molecule has 3 heterocycles. The topological polar surface area (TPSA) is 55.0 Å². The van der Waals surface area contributed by atoms with E-state index >= 15 is 0 Å². The largest absolute Gasteiger partial charge is 0.398 e. The zero-order valence-electron chi connectivity index (χ0n) is 24.1. The summed E-state index contributed by atoms with van der Waals surface area (Å²) < 4.78 is 0. The van der Waals surface area contributed by atoms with E-state index in [2.05, 4.69) is 95.6 Å². The molecule has 2 aromatic heterocycles. The lowest BCUT2D eigenvalue weighted by molar-refractivity contribution is 0.601. The van der Waals surface area contributed by atoms with Crippen LogP contribution >= 0.6 is 0 Å². The Morgan fingerprint density at radius 3 is 2.19 bits per heavy atom. The van der Waals surface area contributed by atoms with Gasteiger partial charge in [0.1, 0.15) is 0 Å². The second-order valence-corrected chi connectivity index (χ2v) is 10.8. The Balaban J connectivity index is 1.63. The van der Waals surface area contributed by atoms with E-state index in [1.165, 1.54) is 0 Å². The van der Waals surface area contributed by atoms with Crippen LogP contribution in [0.3, 0.4) is 0 Å². The van der Waals surface area contributed by atoms with Crippen molar-refractivity contribution in [1.82, 2.24) is 9.97 Å². The first-order chi connectivity index (χ1) is 20.5. The monoisotopic (exact) mass is 546 g/mol. The summed E-state index contributed by atoms with van der Waals surface area (Å²) in [5.74, 6) is 0. The maximum atomic E-state index is 7.02. The van der Waals surface area contributed by atoms with Crippen LogP contribution in [0, 0.1) is 0 Å². The summed E-state index contributed by atoms with van der Waals surface area (Å²) in [5.41, 5.74) is 19.4. The molecule has 2 N–H and O–H groups in total. The van der Waals surface area contributed by atoms with Gasteiger partial charge >= 0.3 is 0 Å². The lowest BCUT2D eigenvalue weighted by atomic mass is 9.79. The highest BCUT2D eigenvalue weighted by atomic mass is 15.2. The molecule has 0 bridgehead atoms. The number of pyridine rings is 2. The number of aromatic nitrogens is 2. The first kappa shape index (κ1) is 27.0. The number of nitrogens with zero attached hydrogens (tertiary/aromatic N) is 3. The summed E-state index contributed by atoms with van der Waals surface area (Å²) in [6.07, 6.45) is 20.3. The van der Waals surface area contributed by atoms with E-state index in [1.807, 2.05) is 49.7 Å². The first-order valence-corrected chi connectivity index (χ1v) is 14.2. The van der Waals surface area contributed by atoms with Gasteiger partial charge in [-0.25, -0.2) is 0 Å². The van der Waals surface area contributed by atoms with Crippen LogP contribution in [0.1, 0.15) is 31.4 Å². The van der Waals surface area contributed by atoms with E-state index in [0.29, 0.717) is 0 Å². The van der Waals surface area contributed by atoms with Crippen molar-refractivity contribution in [3.8, 4) is 22.3 Å². The summed E-state index contributed by atoms with van der Waals surface area (Å²) in [6.45, 7) is 12.3. The van der Waals surface area contributed by atoms with Crippen LogP contribution in [0.4, 0.5) is 11.4 Å². The average Bonchev–Trinajstić information content (AvgIpc) is 3.30. The molecule has 1 atom stereocenters. The highest BCUT2D eigenvalue weighted by Gasteiger charge is 2.47. The molecule has 6 rings (SSSR count). The lowest BCUT2D eigenvalue weighted by Gasteiger charge is -2.40. The molecule has 1 aliphatic heterocycles. The first-order valence-electron chi connectivity index (χ1n) is 14.2. The minimum atomic E-state index is -0.396. The van der Waals surface area contributed by atoms with E-state index in [9.17, 15) is 0 Å². The van der Waals surface area contributed by atoms with Crippen molar-refractivity contribution < 1.29 is 0 Å². The molecule has 0 amide bonds. The van der Waals surface area contributed by atoms with Crippen molar-refractivity contribution >= 4 is 22.5 Å². The van der Waals surface area contributed by atoms with Gasteiger partial charge in [0.15, 0.2) is 0 Å². The summed E-state index contributed by atoms with van der Waals surface area (Å²) in [6, 6.07) is 21.5. The Hall–Kier alpha value is -5.22. The predicted molar refractivity (Wildman–Crippen MR) is 177 cm³/mol. The van der Waals surface area contributed by atoms with Crippen LogP contribution in [0.5, 0.6) is 0 Å². The zero-order chi connectivity index (χ0) is 29.3. The van der Waals surface area contributed by atoms with Crippen molar-refractivity contribution in [1.29, 1.82) is 0 Å². The molecule has 0 saturated heterocycles. The van der Waals surface area contributed by atoms with Crippen molar-refractivity contribution in [3.05, 3.63) is 157 Å². The molecule has 0 radical (unpaired) electrons. The number of rotatable bonds is 7. The predicted octanol–water partition coefficient (Wildman–Crippen LogP) is 9.05. The van der Waals surface area contributed by atoms with Crippen LogP contribution in [-0.4, -0.2) is 15.5 Å². The van der Waals surface area contributed by atoms with Gasteiger partial charge < -0.3 is 10.6 Å². The van der Waals surface area contributed by atoms with Gasteiger partial charge in [-0.3, -0.25) is 9.97 Å². The number of benzene rings is 2. The molecule has 1 unspecified atom stereocenters. The standard InChI is InChI=1S/C38H34N4/c1-5-10-26(7-3)28-14-15-35-34(23-28)36-37(39)27(11-6-2)16-17-38(36,4)42(35)33-21-31(29-12-8-18-40-24-29)20-32(22-33)30-13-9-19-41-25-30/h5-16,18-25H,1,3,17,39H2,2,4H3/b11-6-,26-10+. The van der Waals surface area contributed by atoms with Crippen molar-refractivity contribution in [2.24, 2.45) is 5.73 Å².